The van der Waals surface area contributed by atoms with Crippen molar-refractivity contribution in [2.45, 2.75) is 13.5 Å². The fourth-order valence-corrected chi connectivity index (χ4v) is 2.34. The van der Waals surface area contributed by atoms with Gasteiger partial charge in [-0.3, -0.25) is 9.78 Å². The summed E-state index contributed by atoms with van der Waals surface area (Å²) < 4.78 is 0. The molecule has 0 atom stereocenters. The molecule has 0 aliphatic carbocycles. The SMILES string of the molecule is Cc1ccccc1C(=O)NCc1ccc2ncccc2c1. The van der Waals surface area contributed by atoms with Gasteiger partial charge in [-0.2, -0.15) is 0 Å². The van der Waals surface area contributed by atoms with Crippen LogP contribution in [0.15, 0.2) is 60.8 Å². The summed E-state index contributed by atoms with van der Waals surface area (Å²) in [6, 6.07) is 17.6. The van der Waals surface area contributed by atoms with E-state index in [-0.39, 0.29) is 5.91 Å². The number of nitrogens with one attached hydrogen (secondary N) is 1. The van der Waals surface area contributed by atoms with Gasteiger partial charge < -0.3 is 5.32 Å². The topological polar surface area (TPSA) is 42.0 Å². The molecular formula is C18H16N2O. The predicted octanol–water partition coefficient (Wildman–Crippen LogP) is 3.47. The van der Waals surface area contributed by atoms with Gasteiger partial charge in [0.15, 0.2) is 0 Å². The third-order valence-corrected chi connectivity index (χ3v) is 3.51. The number of rotatable bonds is 3. The molecule has 1 amide bonds. The van der Waals surface area contributed by atoms with E-state index >= 15 is 0 Å². The first-order valence-corrected chi connectivity index (χ1v) is 6.91. The van der Waals surface area contributed by atoms with E-state index in [1.54, 1.807) is 6.20 Å². The zero-order valence-electron chi connectivity index (χ0n) is 11.8. The van der Waals surface area contributed by atoms with Gasteiger partial charge in [0.2, 0.25) is 0 Å². The number of aromatic nitrogens is 1. The lowest BCUT2D eigenvalue weighted by Crippen LogP contribution is -2.23. The summed E-state index contributed by atoms with van der Waals surface area (Å²) in [4.78, 5) is 16.5. The minimum atomic E-state index is -0.0422. The number of benzene rings is 2. The Bertz CT molecular complexity index is 796. The maximum absolute atomic E-state index is 12.2. The van der Waals surface area contributed by atoms with E-state index in [1.165, 1.54) is 0 Å². The smallest absolute Gasteiger partial charge is 0.251 e. The van der Waals surface area contributed by atoms with Crippen molar-refractivity contribution in [1.29, 1.82) is 0 Å². The number of hydrogen-bond acceptors (Lipinski definition) is 2. The lowest BCUT2D eigenvalue weighted by molar-refractivity contribution is 0.0950. The van der Waals surface area contributed by atoms with Crippen molar-refractivity contribution in [1.82, 2.24) is 10.3 Å². The van der Waals surface area contributed by atoms with Crippen LogP contribution in [0.3, 0.4) is 0 Å². The molecule has 3 nitrogen and oxygen atoms in total. The van der Waals surface area contributed by atoms with Crippen LogP contribution in [0.2, 0.25) is 0 Å². The van der Waals surface area contributed by atoms with Crippen LogP contribution in [0.5, 0.6) is 0 Å². The minimum Gasteiger partial charge on any atom is -0.348 e. The van der Waals surface area contributed by atoms with Gasteiger partial charge >= 0.3 is 0 Å². The highest BCUT2D eigenvalue weighted by molar-refractivity contribution is 5.95. The molecule has 1 heterocycles. The van der Waals surface area contributed by atoms with Crippen LogP contribution in [0.25, 0.3) is 10.9 Å². The molecular weight excluding hydrogens is 260 g/mol. The quantitative estimate of drug-likeness (QED) is 0.796. The van der Waals surface area contributed by atoms with Crippen LogP contribution in [0.4, 0.5) is 0 Å². The number of carbonyl (C=O) groups excluding carboxylic acids is 1. The van der Waals surface area contributed by atoms with E-state index in [9.17, 15) is 4.79 Å². The number of nitrogens with zero attached hydrogens (tertiary/aromatic N) is 1. The molecule has 1 N–H and O–H groups in total. The Kier molecular flexibility index (Phi) is 3.65. The van der Waals surface area contributed by atoms with Gasteiger partial charge in [0, 0.05) is 23.7 Å². The number of amides is 1. The summed E-state index contributed by atoms with van der Waals surface area (Å²) in [6.07, 6.45) is 1.78. The van der Waals surface area contributed by atoms with Gasteiger partial charge in [-0.05, 0) is 42.3 Å². The molecule has 21 heavy (non-hydrogen) atoms. The average molecular weight is 276 g/mol. The van der Waals surface area contributed by atoms with Crippen LogP contribution < -0.4 is 5.32 Å². The fraction of sp³-hybridized carbons (Fsp3) is 0.111. The second-order valence-electron chi connectivity index (χ2n) is 5.03. The maximum Gasteiger partial charge on any atom is 0.251 e. The summed E-state index contributed by atoms with van der Waals surface area (Å²) in [5, 5.41) is 4.04. The number of carbonyl (C=O) groups is 1. The van der Waals surface area contributed by atoms with Crippen molar-refractivity contribution < 1.29 is 4.79 Å². The number of aryl methyl sites for hydroxylation is 1. The molecule has 2 aromatic carbocycles. The Labute approximate surface area is 123 Å². The lowest BCUT2D eigenvalue weighted by Gasteiger charge is -2.08. The number of hydrogen-bond donors (Lipinski definition) is 1. The lowest BCUT2D eigenvalue weighted by atomic mass is 10.1. The maximum atomic E-state index is 12.2. The third-order valence-electron chi connectivity index (χ3n) is 3.51. The predicted molar refractivity (Wildman–Crippen MR) is 84.1 cm³/mol. The standard InChI is InChI=1S/C18H16N2O/c1-13-5-2-3-7-16(13)18(21)20-12-14-8-9-17-15(11-14)6-4-10-19-17/h2-11H,12H2,1H3,(H,20,21). The van der Waals surface area contributed by atoms with E-state index in [0.29, 0.717) is 6.54 Å². The highest BCUT2D eigenvalue weighted by Crippen LogP contribution is 2.13. The summed E-state index contributed by atoms with van der Waals surface area (Å²) in [5.74, 6) is -0.0422. The normalized spacial score (nSPS) is 10.5. The molecule has 0 saturated carbocycles. The molecule has 0 spiro atoms. The second-order valence-corrected chi connectivity index (χ2v) is 5.03. The zero-order valence-corrected chi connectivity index (χ0v) is 11.8. The Hall–Kier alpha value is -2.68. The first kappa shape index (κ1) is 13.3. The van der Waals surface area contributed by atoms with Crippen molar-refractivity contribution >= 4 is 16.8 Å². The van der Waals surface area contributed by atoms with Crippen molar-refractivity contribution in [3.05, 3.63) is 77.5 Å². The Morgan fingerprint density at radius 1 is 1.10 bits per heavy atom. The van der Waals surface area contributed by atoms with E-state index in [1.807, 2.05) is 55.5 Å². The summed E-state index contributed by atoms with van der Waals surface area (Å²) in [7, 11) is 0. The molecule has 104 valence electrons. The molecule has 1 aromatic heterocycles. The van der Waals surface area contributed by atoms with Gasteiger partial charge in [0.1, 0.15) is 0 Å². The highest BCUT2D eigenvalue weighted by Gasteiger charge is 2.07. The summed E-state index contributed by atoms with van der Waals surface area (Å²) >= 11 is 0. The first-order valence-electron chi connectivity index (χ1n) is 6.91. The average Bonchev–Trinajstić information content (AvgIpc) is 2.53. The second kappa shape index (κ2) is 5.75. The Morgan fingerprint density at radius 3 is 2.81 bits per heavy atom. The van der Waals surface area contributed by atoms with Gasteiger partial charge in [-0.1, -0.05) is 30.3 Å². The van der Waals surface area contributed by atoms with Gasteiger partial charge in [-0.15, -0.1) is 0 Å². The van der Waals surface area contributed by atoms with Crippen molar-refractivity contribution in [2.75, 3.05) is 0 Å². The largest absolute Gasteiger partial charge is 0.348 e. The summed E-state index contributed by atoms with van der Waals surface area (Å²) in [6.45, 7) is 2.45. The van der Waals surface area contributed by atoms with Crippen LogP contribution in [-0.4, -0.2) is 10.9 Å². The highest BCUT2D eigenvalue weighted by atomic mass is 16.1. The van der Waals surface area contributed by atoms with Gasteiger partial charge in [0.25, 0.3) is 5.91 Å². The van der Waals surface area contributed by atoms with Crippen LogP contribution in [0.1, 0.15) is 21.5 Å². The molecule has 0 unspecified atom stereocenters. The molecule has 3 heteroatoms. The van der Waals surface area contributed by atoms with Gasteiger partial charge in [-0.25, -0.2) is 0 Å². The van der Waals surface area contributed by atoms with Crippen LogP contribution in [0, 0.1) is 6.92 Å². The minimum absolute atomic E-state index is 0.0422. The van der Waals surface area contributed by atoms with Crippen LogP contribution >= 0.6 is 0 Å². The number of fused-ring (bicyclic) bond motifs is 1. The Morgan fingerprint density at radius 2 is 1.95 bits per heavy atom. The van der Waals surface area contributed by atoms with E-state index < -0.39 is 0 Å². The van der Waals surface area contributed by atoms with E-state index in [2.05, 4.69) is 16.4 Å². The molecule has 0 radical (unpaired) electrons. The molecule has 0 fully saturated rings. The Balaban J connectivity index is 1.74. The molecule has 3 rings (SSSR count). The zero-order chi connectivity index (χ0) is 14.7. The van der Waals surface area contributed by atoms with E-state index in [0.717, 1.165) is 27.6 Å². The van der Waals surface area contributed by atoms with Gasteiger partial charge in [0.05, 0.1) is 5.52 Å². The van der Waals surface area contributed by atoms with Crippen molar-refractivity contribution in [3.8, 4) is 0 Å². The first-order chi connectivity index (χ1) is 10.2. The molecule has 0 bridgehead atoms. The third kappa shape index (κ3) is 2.92. The molecule has 0 aliphatic rings. The molecule has 3 aromatic rings. The molecule has 0 aliphatic heterocycles. The summed E-state index contributed by atoms with van der Waals surface area (Å²) in [5.41, 5.74) is 3.74. The number of pyridine rings is 1. The van der Waals surface area contributed by atoms with Crippen molar-refractivity contribution in [2.24, 2.45) is 0 Å². The van der Waals surface area contributed by atoms with E-state index in [4.69, 9.17) is 0 Å². The molecule has 0 saturated heterocycles. The van der Waals surface area contributed by atoms with Crippen LogP contribution in [-0.2, 0) is 6.54 Å². The monoisotopic (exact) mass is 276 g/mol. The fourth-order valence-electron chi connectivity index (χ4n) is 2.34. The van der Waals surface area contributed by atoms with Crippen molar-refractivity contribution in [3.63, 3.8) is 0 Å².